The number of nitrogens with two attached hydrogens (primary N) is 1. The van der Waals surface area contributed by atoms with Crippen LogP contribution in [0.2, 0.25) is 0 Å². The second kappa shape index (κ2) is 6.20. The zero-order chi connectivity index (χ0) is 15.5. The molecule has 0 unspecified atom stereocenters. The quantitative estimate of drug-likeness (QED) is 0.541. The van der Waals surface area contributed by atoms with Crippen LogP contribution in [0, 0.1) is 0 Å². The second-order valence-corrected chi connectivity index (χ2v) is 6.07. The Bertz CT molecular complexity index is 780. The molecule has 0 aliphatic rings. The molecule has 8 nitrogen and oxygen atoms in total. The van der Waals surface area contributed by atoms with Gasteiger partial charge in [-0.25, -0.2) is 9.66 Å². The van der Waals surface area contributed by atoms with Crippen molar-refractivity contribution in [2.75, 3.05) is 11.2 Å². The number of thioether (sulfide) groups is 1. The van der Waals surface area contributed by atoms with E-state index in [0.29, 0.717) is 27.6 Å². The average molecular weight is 336 g/mol. The lowest BCUT2D eigenvalue weighted by atomic mass is 10.4. The first-order valence-electron chi connectivity index (χ1n) is 6.22. The van der Waals surface area contributed by atoms with Gasteiger partial charge in [0.1, 0.15) is 0 Å². The van der Waals surface area contributed by atoms with Crippen LogP contribution in [0.1, 0.15) is 12.6 Å². The summed E-state index contributed by atoms with van der Waals surface area (Å²) in [4.78, 5) is 15.3. The molecule has 22 heavy (non-hydrogen) atoms. The molecular weight excluding hydrogens is 324 g/mol. The van der Waals surface area contributed by atoms with Crippen LogP contribution in [-0.4, -0.2) is 25.8 Å². The second-order valence-electron chi connectivity index (χ2n) is 4.27. The Balaban J connectivity index is 1.67. The lowest BCUT2D eigenvalue weighted by Gasteiger charge is -2.00. The molecule has 0 fully saturated rings. The van der Waals surface area contributed by atoms with Crippen molar-refractivity contribution < 1.29 is 9.21 Å². The number of carbonyl (C=O) groups is 1. The minimum atomic E-state index is -0.140. The maximum absolute atomic E-state index is 11.0. The van der Waals surface area contributed by atoms with Crippen LogP contribution in [-0.2, 0) is 10.5 Å². The van der Waals surface area contributed by atoms with Gasteiger partial charge in [-0.3, -0.25) is 4.79 Å². The predicted molar refractivity (Wildman–Crippen MR) is 83.9 cm³/mol. The number of carbonyl (C=O) groups excluding carboxylic acids is 1. The first kappa shape index (κ1) is 14.6. The van der Waals surface area contributed by atoms with Crippen molar-refractivity contribution in [2.24, 2.45) is 0 Å². The molecule has 3 rings (SSSR count). The summed E-state index contributed by atoms with van der Waals surface area (Å²) in [5.41, 5.74) is 0.835. The topological polar surface area (TPSA) is 112 Å². The van der Waals surface area contributed by atoms with Gasteiger partial charge in [0.15, 0.2) is 10.9 Å². The number of aromatic nitrogens is 4. The summed E-state index contributed by atoms with van der Waals surface area (Å²) in [6, 6.07) is 3.53. The molecule has 0 atom stereocenters. The Labute approximate surface area is 133 Å². The van der Waals surface area contributed by atoms with Crippen LogP contribution in [0.5, 0.6) is 0 Å². The third-order valence-corrected chi connectivity index (χ3v) is 4.37. The number of thiazole rings is 1. The van der Waals surface area contributed by atoms with Crippen molar-refractivity contribution in [2.45, 2.75) is 17.8 Å². The molecule has 0 aromatic carbocycles. The lowest BCUT2D eigenvalue weighted by molar-refractivity contribution is -0.114. The van der Waals surface area contributed by atoms with E-state index in [9.17, 15) is 4.79 Å². The number of furan rings is 1. The Morgan fingerprint density at radius 3 is 3.14 bits per heavy atom. The molecule has 3 aromatic heterocycles. The molecule has 0 saturated heterocycles. The summed E-state index contributed by atoms with van der Waals surface area (Å²) in [6.07, 6.45) is 1.55. The van der Waals surface area contributed by atoms with E-state index >= 15 is 0 Å². The standard InChI is InChI=1S/C12H12N6O2S2/c1-7(19)14-11-15-8(5-21-11)6-22-12-17-16-10(18(12)13)9-3-2-4-20-9/h2-5H,6,13H2,1H3,(H,14,15,19). The smallest absolute Gasteiger partial charge is 0.223 e. The highest BCUT2D eigenvalue weighted by atomic mass is 32.2. The fourth-order valence-electron chi connectivity index (χ4n) is 1.67. The van der Waals surface area contributed by atoms with Gasteiger partial charge in [-0.1, -0.05) is 11.8 Å². The van der Waals surface area contributed by atoms with Crippen molar-refractivity contribution in [1.82, 2.24) is 19.9 Å². The highest BCUT2D eigenvalue weighted by Crippen LogP contribution is 2.26. The zero-order valence-corrected chi connectivity index (χ0v) is 13.1. The van der Waals surface area contributed by atoms with E-state index in [1.807, 2.05) is 5.38 Å². The van der Waals surface area contributed by atoms with Crippen LogP contribution in [0.4, 0.5) is 5.13 Å². The minimum Gasteiger partial charge on any atom is -0.461 e. The number of nitrogens with zero attached hydrogens (tertiary/aromatic N) is 4. The van der Waals surface area contributed by atoms with Gasteiger partial charge in [0.05, 0.1) is 12.0 Å². The maximum Gasteiger partial charge on any atom is 0.223 e. The molecule has 0 aliphatic carbocycles. The summed E-state index contributed by atoms with van der Waals surface area (Å²) in [6.45, 7) is 1.45. The molecule has 0 spiro atoms. The molecule has 3 aromatic rings. The molecule has 10 heteroatoms. The highest BCUT2D eigenvalue weighted by Gasteiger charge is 2.14. The normalized spacial score (nSPS) is 10.8. The van der Waals surface area contributed by atoms with Crippen LogP contribution < -0.4 is 11.2 Å². The molecule has 3 N–H and O–H groups in total. The van der Waals surface area contributed by atoms with E-state index in [-0.39, 0.29) is 5.91 Å². The van der Waals surface area contributed by atoms with Crippen molar-refractivity contribution in [3.8, 4) is 11.6 Å². The SMILES string of the molecule is CC(=O)Nc1nc(CSc2nnc(-c3ccco3)n2N)cs1. The monoisotopic (exact) mass is 336 g/mol. The van der Waals surface area contributed by atoms with Crippen molar-refractivity contribution in [3.05, 3.63) is 29.5 Å². The van der Waals surface area contributed by atoms with Gasteiger partial charge in [-0.15, -0.1) is 21.5 Å². The molecule has 0 aliphatic heterocycles. The molecule has 114 valence electrons. The molecule has 0 radical (unpaired) electrons. The number of nitrogens with one attached hydrogen (secondary N) is 1. The van der Waals surface area contributed by atoms with Crippen molar-refractivity contribution >= 4 is 34.1 Å². The van der Waals surface area contributed by atoms with Gasteiger partial charge in [-0.05, 0) is 12.1 Å². The van der Waals surface area contributed by atoms with Crippen molar-refractivity contribution in [1.29, 1.82) is 0 Å². The third kappa shape index (κ3) is 3.12. The number of anilines is 1. The number of amides is 1. The Kier molecular flexibility index (Phi) is 4.11. The molecule has 0 saturated carbocycles. The first-order valence-corrected chi connectivity index (χ1v) is 8.09. The van der Waals surface area contributed by atoms with Crippen LogP contribution in [0.25, 0.3) is 11.6 Å². The van der Waals surface area contributed by atoms with Gasteiger partial charge in [0.25, 0.3) is 0 Å². The lowest BCUT2D eigenvalue weighted by Crippen LogP contribution is -2.11. The van der Waals surface area contributed by atoms with Gasteiger partial charge in [0.2, 0.25) is 16.9 Å². The minimum absolute atomic E-state index is 0.140. The van der Waals surface area contributed by atoms with E-state index in [4.69, 9.17) is 10.3 Å². The zero-order valence-electron chi connectivity index (χ0n) is 11.5. The summed E-state index contributed by atoms with van der Waals surface area (Å²) in [7, 11) is 0. The van der Waals surface area contributed by atoms with Crippen molar-refractivity contribution in [3.63, 3.8) is 0 Å². The van der Waals surface area contributed by atoms with Crippen LogP contribution in [0.3, 0.4) is 0 Å². The Morgan fingerprint density at radius 1 is 1.55 bits per heavy atom. The van der Waals surface area contributed by atoms with E-state index < -0.39 is 0 Å². The summed E-state index contributed by atoms with van der Waals surface area (Å²) in [5, 5.41) is 13.7. The molecule has 1 amide bonds. The number of nitrogen functional groups attached to an aromatic ring is 1. The number of hydrogen-bond donors (Lipinski definition) is 2. The van der Waals surface area contributed by atoms with Gasteiger partial charge >= 0.3 is 0 Å². The summed E-state index contributed by atoms with van der Waals surface area (Å²) >= 11 is 2.78. The van der Waals surface area contributed by atoms with E-state index in [1.54, 1.807) is 18.4 Å². The van der Waals surface area contributed by atoms with E-state index in [2.05, 4.69) is 20.5 Å². The van der Waals surface area contributed by atoms with E-state index in [0.717, 1.165) is 5.69 Å². The third-order valence-electron chi connectivity index (χ3n) is 2.59. The largest absolute Gasteiger partial charge is 0.461 e. The fourth-order valence-corrected chi connectivity index (χ4v) is 3.28. The summed E-state index contributed by atoms with van der Waals surface area (Å²) in [5.74, 6) is 7.42. The van der Waals surface area contributed by atoms with E-state index in [1.165, 1.54) is 34.7 Å². The molecular formula is C12H12N6O2S2. The average Bonchev–Trinajstić information content (AvgIpc) is 3.17. The fraction of sp³-hybridized carbons (Fsp3) is 0.167. The van der Waals surface area contributed by atoms with Crippen LogP contribution >= 0.6 is 23.1 Å². The first-order chi connectivity index (χ1) is 10.6. The number of rotatable bonds is 5. The maximum atomic E-state index is 11.0. The number of hydrogen-bond acceptors (Lipinski definition) is 8. The predicted octanol–water partition coefficient (Wildman–Crippen LogP) is 1.96. The van der Waals surface area contributed by atoms with Gasteiger partial charge in [-0.2, -0.15) is 0 Å². The Hall–Kier alpha value is -2.33. The summed E-state index contributed by atoms with van der Waals surface area (Å²) < 4.78 is 6.63. The Morgan fingerprint density at radius 2 is 2.41 bits per heavy atom. The molecule has 0 bridgehead atoms. The molecule has 3 heterocycles. The van der Waals surface area contributed by atoms with Gasteiger partial charge < -0.3 is 15.6 Å². The van der Waals surface area contributed by atoms with Crippen LogP contribution in [0.15, 0.2) is 33.3 Å². The van der Waals surface area contributed by atoms with Gasteiger partial charge in [0, 0.05) is 18.1 Å². The highest BCUT2D eigenvalue weighted by molar-refractivity contribution is 7.98.